The van der Waals surface area contributed by atoms with E-state index in [1.807, 2.05) is 0 Å². The number of oxime groups is 1. The molecule has 2 atom stereocenters. The summed E-state index contributed by atoms with van der Waals surface area (Å²) in [5.41, 5.74) is -0.140. The largest absolute Gasteiger partial charge is 0.477 e. The van der Waals surface area contributed by atoms with E-state index in [2.05, 4.69) is 36.3 Å². The summed E-state index contributed by atoms with van der Waals surface area (Å²) in [5, 5.41) is 37.9. The van der Waals surface area contributed by atoms with Crippen LogP contribution in [0.5, 0.6) is 0 Å². The molecule has 0 aromatic carbocycles. The Hall–Kier alpha value is -3.99. The Kier molecular flexibility index (Phi) is 6.97. The van der Waals surface area contributed by atoms with Crippen LogP contribution in [0.25, 0.3) is 0 Å². The molecule has 182 valence electrons. The second kappa shape index (κ2) is 10.1. The summed E-state index contributed by atoms with van der Waals surface area (Å²) in [4.78, 5) is 53.4. The molecule has 1 unspecified atom stereocenters. The summed E-state index contributed by atoms with van der Waals surface area (Å²) in [6, 6.07) is 3.30. The van der Waals surface area contributed by atoms with Crippen molar-refractivity contribution < 1.29 is 29.5 Å². The number of carbonyl (C=O) groups excluding carboxylic acids is 3. The first kappa shape index (κ1) is 24.1. The van der Waals surface area contributed by atoms with Crippen molar-refractivity contribution >= 4 is 59.2 Å². The molecule has 15 nitrogen and oxygen atoms in total. The number of fused-ring (bicyclic) bond motifs is 1. The molecule has 2 aromatic heterocycles. The summed E-state index contributed by atoms with van der Waals surface area (Å²) in [5.74, 6) is -2.08. The topological polar surface area (TPSA) is 205 Å². The maximum atomic E-state index is 12.9. The van der Waals surface area contributed by atoms with Crippen LogP contribution in [0.4, 0.5) is 5.82 Å². The summed E-state index contributed by atoms with van der Waals surface area (Å²) in [6.07, 6.45) is 0.397. The molecule has 2 aliphatic rings. The lowest BCUT2D eigenvalue weighted by molar-refractivity contribution is -0.150. The van der Waals surface area contributed by atoms with Gasteiger partial charge >= 0.3 is 5.97 Å². The van der Waals surface area contributed by atoms with E-state index < -0.39 is 34.9 Å². The number of carboxylic acid groups (broad SMARTS) is 1. The van der Waals surface area contributed by atoms with Gasteiger partial charge in [0.1, 0.15) is 28.6 Å². The molecular weight excluding hydrogens is 502 g/mol. The Morgan fingerprint density at radius 3 is 2.86 bits per heavy atom. The highest BCUT2D eigenvalue weighted by molar-refractivity contribution is 8.01. The number of carbonyl (C=O) groups is 4. The van der Waals surface area contributed by atoms with Gasteiger partial charge in [-0.3, -0.25) is 19.3 Å². The molecule has 4 N–H and O–H groups in total. The number of hydrogen-bond donors (Lipinski definition) is 4. The highest BCUT2D eigenvalue weighted by Crippen LogP contribution is 2.41. The van der Waals surface area contributed by atoms with Crippen LogP contribution < -0.4 is 10.6 Å². The van der Waals surface area contributed by atoms with Crippen molar-refractivity contribution in [2.45, 2.75) is 16.6 Å². The van der Waals surface area contributed by atoms with Gasteiger partial charge in [-0.05, 0) is 28.1 Å². The number of carboxylic acids is 1. The van der Waals surface area contributed by atoms with Crippen molar-refractivity contribution in [3.63, 3.8) is 0 Å². The fourth-order valence-electron chi connectivity index (χ4n) is 3.42. The Morgan fingerprint density at radius 2 is 2.20 bits per heavy atom. The standard InChI is InChI=1S/C18H17N9O6S2/c1-26-18(22-24-25-26)35-6-8-5-34-16-12(15(30)27(16)13(8)17(31)32)21-14(29)11(23-33)9-3-2-4-10(20-9)19-7-28/h2-4,7,12,16,33H,5-6H2,1H3,(H,21,29)(H,31,32)(H,19,20,28)/t12?,16-/m0/s1. The van der Waals surface area contributed by atoms with Crippen molar-refractivity contribution in [1.82, 2.24) is 35.4 Å². The molecule has 1 saturated heterocycles. The molecule has 17 heteroatoms. The fourth-order valence-corrected chi connectivity index (χ4v) is 5.75. The third-order valence-corrected chi connectivity index (χ3v) is 7.44. The quantitative estimate of drug-likeness (QED) is 0.0777. The highest BCUT2D eigenvalue weighted by atomic mass is 32.2. The average Bonchev–Trinajstić information content (AvgIpc) is 3.26. The number of β-lactam (4-membered cyclic amide) rings is 1. The van der Waals surface area contributed by atoms with E-state index in [1.165, 1.54) is 46.4 Å². The van der Waals surface area contributed by atoms with E-state index in [-0.39, 0.29) is 23.0 Å². The Morgan fingerprint density at radius 1 is 1.40 bits per heavy atom. The van der Waals surface area contributed by atoms with Gasteiger partial charge in [0.2, 0.25) is 11.6 Å². The number of tetrazole rings is 1. The molecule has 3 amide bonds. The molecule has 2 aromatic rings. The first-order valence-electron chi connectivity index (χ1n) is 9.81. The zero-order valence-corrected chi connectivity index (χ0v) is 19.5. The molecule has 1 fully saturated rings. The van der Waals surface area contributed by atoms with Crippen LogP contribution in [0.15, 0.2) is 39.8 Å². The maximum Gasteiger partial charge on any atom is 0.352 e. The zero-order valence-electron chi connectivity index (χ0n) is 17.9. The van der Waals surface area contributed by atoms with Crippen LogP contribution in [0.3, 0.4) is 0 Å². The number of rotatable bonds is 9. The van der Waals surface area contributed by atoms with Crippen molar-refractivity contribution in [1.29, 1.82) is 0 Å². The number of aryl methyl sites for hydroxylation is 1. The number of amides is 3. The van der Waals surface area contributed by atoms with Gasteiger partial charge in [0.15, 0.2) is 5.71 Å². The van der Waals surface area contributed by atoms with Gasteiger partial charge in [-0.15, -0.1) is 16.9 Å². The second-order valence-electron chi connectivity index (χ2n) is 7.11. The molecule has 2 aliphatic heterocycles. The van der Waals surface area contributed by atoms with E-state index in [1.54, 1.807) is 7.05 Å². The lowest BCUT2D eigenvalue weighted by Gasteiger charge is -2.49. The number of aliphatic carboxylic acids is 1. The molecule has 0 bridgehead atoms. The Bertz CT molecular complexity index is 1260. The summed E-state index contributed by atoms with van der Waals surface area (Å²) >= 11 is 2.53. The number of anilines is 1. The van der Waals surface area contributed by atoms with E-state index in [0.717, 1.165) is 4.90 Å². The van der Waals surface area contributed by atoms with E-state index >= 15 is 0 Å². The number of aromatic nitrogens is 5. The lowest BCUT2D eigenvalue weighted by Crippen LogP contribution is -2.71. The monoisotopic (exact) mass is 519 g/mol. The summed E-state index contributed by atoms with van der Waals surface area (Å²) < 4.78 is 1.45. The zero-order chi connectivity index (χ0) is 25.1. The maximum absolute atomic E-state index is 12.9. The molecule has 0 aliphatic carbocycles. The van der Waals surface area contributed by atoms with Crippen LogP contribution in [-0.2, 0) is 26.2 Å². The van der Waals surface area contributed by atoms with E-state index in [4.69, 9.17) is 0 Å². The normalized spacial score (nSPS) is 19.6. The predicted octanol–water partition coefficient (Wildman–Crippen LogP) is -1.12. The predicted molar refractivity (Wildman–Crippen MR) is 121 cm³/mol. The van der Waals surface area contributed by atoms with E-state index in [0.29, 0.717) is 22.9 Å². The van der Waals surface area contributed by atoms with Gasteiger partial charge in [-0.1, -0.05) is 23.0 Å². The minimum atomic E-state index is -1.26. The minimum Gasteiger partial charge on any atom is -0.477 e. The first-order valence-corrected chi connectivity index (χ1v) is 11.8. The van der Waals surface area contributed by atoms with Crippen molar-refractivity contribution in [3.05, 3.63) is 35.2 Å². The number of nitrogens with zero attached hydrogens (tertiary/aromatic N) is 7. The molecule has 0 radical (unpaired) electrons. The third kappa shape index (κ3) is 4.67. The average molecular weight is 520 g/mol. The summed E-state index contributed by atoms with van der Waals surface area (Å²) in [6.45, 7) is 0. The molecule has 35 heavy (non-hydrogen) atoms. The number of nitrogens with one attached hydrogen (secondary N) is 2. The highest BCUT2D eigenvalue weighted by Gasteiger charge is 2.54. The second-order valence-corrected chi connectivity index (χ2v) is 9.16. The molecule has 0 saturated carbocycles. The number of pyridine rings is 1. The van der Waals surface area contributed by atoms with Gasteiger partial charge in [0.05, 0.1) is 0 Å². The number of thioether (sulfide) groups is 2. The van der Waals surface area contributed by atoms with Crippen LogP contribution in [-0.4, -0.2) is 93.2 Å². The van der Waals surface area contributed by atoms with Crippen LogP contribution >= 0.6 is 23.5 Å². The van der Waals surface area contributed by atoms with Crippen molar-refractivity contribution in [3.8, 4) is 0 Å². The Labute approximate surface area is 205 Å². The molecule has 4 rings (SSSR count). The molecule has 4 heterocycles. The van der Waals surface area contributed by atoms with Gasteiger partial charge in [-0.2, -0.15) is 0 Å². The van der Waals surface area contributed by atoms with Gasteiger partial charge in [0.25, 0.3) is 11.8 Å². The van der Waals surface area contributed by atoms with Gasteiger partial charge < -0.3 is 20.9 Å². The third-order valence-electron chi connectivity index (χ3n) is 5.01. The molecule has 0 spiro atoms. The lowest BCUT2D eigenvalue weighted by atomic mass is 10.0. The van der Waals surface area contributed by atoms with Crippen molar-refractivity contribution in [2.24, 2.45) is 12.2 Å². The van der Waals surface area contributed by atoms with Gasteiger partial charge in [-0.25, -0.2) is 14.5 Å². The first-order chi connectivity index (χ1) is 16.8. The minimum absolute atomic E-state index is 0.0412. The van der Waals surface area contributed by atoms with Crippen LogP contribution in [0.1, 0.15) is 5.69 Å². The number of hydrogen-bond acceptors (Lipinski definition) is 12. The smallest absolute Gasteiger partial charge is 0.352 e. The molecular formula is C18H17N9O6S2. The van der Waals surface area contributed by atoms with E-state index in [9.17, 15) is 29.5 Å². The van der Waals surface area contributed by atoms with Crippen LogP contribution in [0.2, 0.25) is 0 Å². The fraction of sp³-hybridized carbons (Fsp3) is 0.278. The summed E-state index contributed by atoms with van der Waals surface area (Å²) in [7, 11) is 1.65. The van der Waals surface area contributed by atoms with Gasteiger partial charge in [0, 0.05) is 18.6 Å². The Balaban J connectivity index is 1.48. The SMILES string of the molecule is Cn1nnnc1SCC1=C(C(=O)O)N2C(=O)C(NC(=O)C(=NO)c3cccc(NC=O)n3)[C@@H]2SC1. The van der Waals surface area contributed by atoms with Crippen LogP contribution in [0, 0.1) is 0 Å². The van der Waals surface area contributed by atoms with Crippen molar-refractivity contribution in [2.75, 3.05) is 16.8 Å².